The minimum Gasteiger partial charge on any atom is -0.444 e. The average Bonchev–Trinajstić information content (AvgIpc) is 2.53. The summed E-state index contributed by atoms with van der Waals surface area (Å²) in [6.07, 6.45) is -0.467. The number of nitrogens with zero attached hydrogens (tertiary/aromatic N) is 2. The second-order valence-electron chi connectivity index (χ2n) is 5.32. The minimum atomic E-state index is -0.504. The third-order valence-electron chi connectivity index (χ3n) is 2.38. The van der Waals surface area contributed by atoms with E-state index in [9.17, 15) is 4.79 Å². The van der Waals surface area contributed by atoms with Crippen molar-refractivity contribution in [3.63, 3.8) is 0 Å². The molecule has 6 nitrogen and oxygen atoms in total. The quantitative estimate of drug-likeness (QED) is 0.850. The molecule has 0 bridgehead atoms. The van der Waals surface area contributed by atoms with Crippen LogP contribution in [0.1, 0.15) is 38.2 Å². The standard InChI is InChI=1S/C12H22N4O2/c1-8-6-10(15-16(8)5)9(13)7-14-11(17)18-12(2,3)4/h6,9H,7,13H2,1-5H3,(H,14,17). The molecule has 18 heavy (non-hydrogen) atoms. The Morgan fingerprint density at radius 3 is 2.67 bits per heavy atom. The number of hydrogen-bond acceptors (Lipinski definition) is 4. The maximum atomic E-state index is 11.5. The SMILES string of the molecule is Cc1cc(C(N)CNC(=O)OC(C)(C)C)nn1C. The summed E-state index contributed by atoms with van der Waals surface area (Å²) in [5.74, 6) is 0. The normalized spacial score (nSPS) is 13.2. The van der Waals surface area contributed by atoms with Gasteiger partial charge in [-0.1, -0.05) is 0 Å². The lowest BCUT2D eigenvalue weighted by atomic mass is 10.2. The monoisotopic (exact) mass is 254 g/mol. The highest BCUT2D eigenvalue weighted by molar-refractivity contribution is 5.67. The van der Waals surface area contributed by atoms with Crippen LogP contribution in [0.15, 0.2) is 6.07 Å². The molecule has 0 fully saturated rings. The van der Waals surface area contributed by atoms with Crippen LogP contribution in [0.3, 0.4) is 0 Å². The highest BCUT2D eigenvalue weighted by atomic mass is 16.6. The van der Waals surface area contributed by atoms with E-state index in [1.807, 2.05) is 40.8 Å². The number of carbonyl (C=O) groups is 1. The van der Waals surface area contributed by atoms with E-state index in [4.69, 9.17) is 10.5 Å². The molecule has 102 valence electrons. The maximum Gasteiger partial charge on any atom is 0.407 e. The highest BCUT2D eigenvalue weighted by Gasteiger charge is 2.17. The summed E-state index contributed by atoms with van der Waals surface area (Å²) < 4.78 is 6.87. The van der Waals surface area contributed by atoms with Gasteiger partial charge in [-0.3, -0.25) is 4.68 Å². The Balaban J connectivity index is 2.46. The number of rotatable bonds is 3. The molecular formula is C12H22N4O2. The van der Waals surface area contributed by atoms with Gasteiger partial charge in [0.25, 0.3) is 0 Å². The molecule has 1 atom stereocenters. The first-order chi connectivity index (χ1) is 8.19. The van der Waals surface area contributed by atoms with Crippen molar-refractivity contribution >= 4 is 6.09 Å². The van der Waals surface area contributed by atoms with Crippen molar-refractivity contribution in [1.29, 1.82) is 0 Å². The number of ether oxygens (including phenoxy) is 1. The summed E-state index contributed by atoms with van der Waals surface area (Å²) in [4.78, 5) is 11.5. The largest absolute Gasteiger partial charge is 0.444 e. The Kier molecular flexibility index (Phi) is 4.34. The van der Waals surface area contributed by atoms with Gasteiger partial charge in [-0.05, 0) is 33.8 Å². The molecule has 0 radical (unpaired) electrons. The van der Waals surface area contributed by atoms with Crippen molar-refractivity contribution in [2.45, 2.75) is 39.3 Å². The zero-order chi connectivity index (χ0) is 13.9. The van der Waals surface area contributed by atoms with Gasteiger partial charge in [-0.25, -0.2) is 4.79 Å². The molecule has 0 saturated heterocycles. The molecule has 0 aliphatic carbocycles. The molecule has 0 spiro atoms. The topological polar surface area (TPSA) is 82.2 Å². The van der Waals surface area contributed by atoms with Crippen molar-refractivity contribution in [1.82, 2.24) is 15.1 Å². The number of alkyl carbamates (subject to hydrolysis) is 1. The lowest BCUT2D eigenvalue weighted by Gasteiger charge is -2.20. The summed E-state index contributed by atoms with van der Waals surface area (Å²) in [6.45, 7) is 7.69. The second kappa shape index (κ2) is 5.39. The number of nitrogens with one attached hydrogen (secondary N) is 1. The van der Waals surface area contributed by atoms with Crippen molar-refractivity contribution in [2.75, 3.05) is 6.54 Å². The van der Waals surface area contributed by atoms with Gasteiger partial charge in [0, 0.05) is 19.3 Å². The van der Waals surface area contributed by atoms with E-state index >= 15 is 0 Å². The Morgan fingerprint density at radius 1 is 1.61 bits per heavy atom. The van der Waals surface area contributed by atoms with Crippen LogP contribution in [0.4, 0.5) is 4.79 Å². The molecule has 0 aliphatic rings. The molecule has 1 aromatic heterocycles. The number of aryl methyl sites for hydroxylation is 2. The van der Waals surface area contributed by atoms with Crippen LogP contribution in [0.25, 0.3) is 0 Å². The van der Waals surface area contributed by atoms with E-state index in [1.54, 1.807) is 4.68 Å². The highest BCUT2D eigenvalue weighted by Crippen LogP contribution is 2.10. The lowest BCUT2D eigenvalue weighted by molar-refractivity contribution is 0.0524. The fourth-order valence-corrected chi connectivity index (χ4v) is 1.38. The van der Waals surface area contributed by atoms with Gasteiger partial charge >= 0.3 is 6.09 Å². The molecule has 3 N–H and O–H groups in total. The Morgan fingerprint density at radius 2 is 2.22 bits per heavy atom. The molecule has 0 aromatic carbocycles. The molecule has 0 aliphatic heterocycles. The van der Waals surface area contributed by atoms with Crippen molar-refractivity contribution in [3.8, 4) is 0 Å². The molecule has 1 unspecified atom stereocenters. The van der Waals surface area contributed by atoms with Crippen molar-refractivity contribution < 1.29 is 9.53 Å². The molecule has 1 aromatic rings. The summed E-state index contributed by atoms with van der Waals surface area (Å²) >= 11 is 0. The van der Waals surface area contributed by atoms with Gasteiger partial charge in [0.05, 0.1) is 11.7 Å². The minimum absolute atomic E-state index is 0.297. The molecule has 1 rings (SSSR count). The van der Waals surface area contributed by atoms with E-state index in [0.29, 0.717) is 6.54 Å². The predicted molar refractivity (Wildman–Crippen MR) is 69.1 cm³/mol. The number of carbonyl (C=O) groups excluding carboxylic acids is 1. The Hall–Kier alpha value is -1.56. The van der Waals surface area contributed by atoms with Gasteiger partial charge in [0.15, 0.2) is 0 Å². The van der Waals surface area contributed by atoms with Crippen molar-refractivity contribution in [2.24, 2.45) is 12.8 Å². The van der Waals surface area contributed by atoms with Crippen LogP contribution in [-0.2, 0) is 11.8 Å². The smallest absolute Gasteiger partial charge is 0.407 e. The number of aromatic nitrogens is 2. The summed E-state index contributed by atoms with van der Waals surface area (Å²) in [5.41, 5.74) is 7.22. The molecule has 1 amide bonds. The first-order valence-corrected chi connectivity index (χ1v) is 5.92. The van der Waals surface area contributed by atoms with Gasteiger partial charge in [-0.15, -0.1) is 0 Å². The van der Waals surface area contributed by atoms with Gasteiger partial charge in [0.1, 0.15) is 5.60 Å². The van der Waals surface area contributed by atoms with Crippen LogP contribution < -0.4 is 11.1 Å². The summed E-state index contributed by atoms with van der Waals surface area (Å²) in [6, 6.07) is 1.57. The molecule has 1 heterocycles. The van der Waals surface area contributed by atoms with Crippen LogP contribution in [0, 0.1) is 6.92 Å². The number of amides is 1. The lowest BCUT2D eigenvalue weighted by Crippen LogP contribution is -2.36. The summed E-state index contributed by atoms with van der Waals surface area (Å²) in [7, 11) is 1.85. The maximum absolute atomic E-state index is 11.5. The van der Waals surface area contributed by atoms with E-state index in [-0.39, 0.29) is 6.04 Å². The third kappa shape index (κ3) is 4.37. The van der Waals surface area contributed by atoms with Gasteiger partial charge in [-0.2, -0.15) is 5.10 Å². The van der Waals surface area contributed by atoms with Gasteiger partial charge in [0.2, 0.25) is 0 Å². The number of nitrogens with two attached hydrogens (primary N) is 1. The third-order valence-corrected chi connectivity index (χ3v) is 2.38. The molecule has 6 heteroatoms. The fraction of sp³-hybridized carbons (Fsp3) is 0.667. The van der Waals surface area contributed by atoms with Crippen molar-refractivity contribution in [3.05, 3.63) is 17.5 Å². The predicted octanol–water partition coefficient (Wildman–Crippen LogP) is 1.25. The Labute approximate surface area is 107 Å². The summed E-state index contributed by atoms with van der Waals surface area (Å²) in [5, 5.41) is 6.89. The molecular weight excluding hydrogens is 232 g/mol. The first-order valence-electron chi connectivity index (χ1n) is 5.92. The molecule has 0 saturated carbocycles. The van der Waals surface area contributed by atoms with Gasteiger partial charge < -0.3 is 15.8 Å². The van der Waals surface area contributed by atoms with Crippen LogP contribution in [0.5, 0.6) is 0 Å². The first kappa shape index (κ1) is 14.5. The van der Waals surface area contributed by atoms with E-state index in [2.05, 4.69) is 10.4 Å². The zero-order valence-corrected chi connectivity index (χ0v) is 11.7. The van der Waals surface area contributed by atoms with Crippen LogP contribution in [0.2, 0.25) is 0 Å². The van der Waals surface area contributed by atoms with Crippen LogP contribution in [-0.4, -0.2) is 28.0 Å². The van der Waals surface area contributed by atoms with Crippen LogP contribution >= 0.6 is 0 Å². The van der Waals surface area contributed by atoms with E-state index < -0.39 is 11.7 Å². The van der Waals surface area contributed by atoms with E-state index in [0.717, 1.165) is 11.4 Å². The average molecular weight is 254 g/mol. The number of hydrogen-bond donors (Lipinski definition) is 2. The zero-order valence-electron chi connectivity index (χ0n) is 11.7. The second-order valence-corrected chi connectivity index (χ2v) is 5.32. The fourth-order valence-electron chi connectivity index (χ4n) is 1.38. The Bertz CT molecular complexity index is 401. The van der Waals surface area contributed by atoms with E-state index in [1.165, 1.54) is 0 Å².